The van der Waals surface area contributed by atoms with Crippen LogP contribution in [-0.2, 0) is 22.6 Å². The number of carbonyl (C=O) groups is 1. The summed E-state index contributed by atoms with van der Waals surface area (Å²) in [6, 6.07) is 7.77. The van der Waals surface area contributed by atoms with E-state index < -0.39 is 0 Å². The number of hydrogen-bond donors (Lipinski definition) is 1. The maximum atomic E-state index is 12.5. The molecule has 0 aliphatic carbocycles. The van der Waals surface area contributed by atoms with E-state index in [1.165, 1.54) is 0 Å². The van der Waals surface area contributed by atoms with Gasteiger partial charge in [-0.05, 0) is 17.7 Å². The van der Waals surface area contributed by atoms with Crippen molar-refractivity contribution in [3.05, 3.63) is 41.2 Å². The number of rotatable bonds is 6. The van der Waals surface area contributed by atoms with Gasteiger partial charge in [0.25, 0.3) is 5.91 Å². The molecule has 28 heavy (non-hydrogen) atoms. The highest BCUT2D eigenvalue weighted by atomic mass is 16.5. The van der Waals surface area contributed by atoms with Gasteiger partial charge in [-0.2, -0.15) is 0 Å². The molecular weight excluding hydrogens is 362 g/mol. The summed E-state index contributed by atoms with van der Waals surface area (Å²) in [7, 11) is 1.64. The molecule has 150 valence electrons. The molecule has 1 atom stereocenters. The number of methoxy groups -OCH3 is 1. The summed E-state index contributed by atoms with van der Waals surface area (Å²) in [5.41, 5.74) is 2.10. The van der Waals surface area contributed by atoms with Crippen LogP contribution in [0.15, 0.2) is 24.3 Å². The third kappa shape index (κ3) is 4.16. The molecule has 9 heteroatoms. The van der Waals surface area contributed by atoms with Crippen molar-refractivity contribution in [1.29, 1.82) is 0 Å². The first-order chi connectivity index (χ1) is 13.7. The van der Waals surface area contributed by atoms with E-state index in [1.807, 2.05) is 24.3 Å². The summed E-state index contributed by atoms with van der Waals surface area (Å²) in [5, 5.41) is 11.2. The number of aromatic nitrogens is 3. The van der Waals surface area contributed by atoms with E-state index in [0.29, 0.717) is 31.1 Å². The number of nitrogens with zero attached hydrogens (tertiary/aromatic N) is 4. The van der Waals surface area contributed by atoms with Crippen LogP contribution in [0.1, 0.15) is 27.8 Å². The van der Waals surface area contributed by atoms with Crippen LogP contribution in [-0.4, -0.2) is 72.3 Å². The van der Waals surface area contributed by atoms with Crippen LogP contribution >= 0.6 is 0 Å². The fraction of sp³-hybridized carbons (Fsp3) is 0.526. The molecule has 2 aliphatic rings. The van der Waals surface area contributed by atoms with Gasteiger partial charge in [-0.1, -0.05) is 17.3 Å². The lowest BCUT2D eigenvalue weighted by Crippen LogP contribution is -2.41. The first kappa shape index (κ1) is 18.9. The number of carbonyl (C=O) groups excluding carboxylic acids is 1. The van der Waals surface area contributed by atoms with E-state index in [2.05, 4.69) is 20.5 Å². The molecule has 1 N–H and O–H groups in total. The second-order valence-corrected chi connectivity index (χ2v) is 6.85. The minimum absolute atomic E-state index is 0.127. The molecule has 0 radical (unpaired) electrons. The van der Waals surface area contributed by atoms with Gasteiger partial charge in [0.05, 0.1) is 39.2 Å². The Labute approximate surface area is 163 Å². The van der Waals surface area contributed by atoms with Gasteiger partial charge in [0.15, 0.2) is 5.69 Å². The van der Waals surface area contributed by atoms with Gasteiger partial charge >= 0.3 is 0 Å². The summed E-state index contributed by atoms with van der Waals surface area (Å²) < 4.78 is 18.2. The molecule has 0 bridgehead atoms. The van der Waals surface area contributed by atoms with Crippen LogP contribution in [0, 0.1) is 0 Å². The van der Waals surface area contributed by atoms with Crippen LogP contribution in [0.4, 0.5) is 0 Å². The van der Waals surface area contributed by atoms with Gasteiger partial charge in [-0.15, -0.1) is 5.10 Å². The van der Waals surface area contributed by atoms with Crippen molar-refractivity contribution in [2.75, 3.05) is 46.5 Å². The highest BCUT2D eigenvalue weighted by Crippen LogP contribution is 2.28. The lowest BCUT2D eigenvalue weighted by Gasteiger charge is -2.26. The number of ether oxygens (including phenoxy) is 3. The number of amides is 1. The molecule has 0 spiro atoms. The van der Waals surface area contributed by atoms with E-state index >= 15 is 0 Å². The smallest absolute Gasteiger partial charge is 0.273 e. The van der Waals surface area contributed by atoms with Crippen molar-refractivity contribution in [1.82, 2.24) is 25.2 Å². The van der Waals surface area contributed by atoms with E-state index in [0.717, 1.165) is 44.2 Å². The van der Waals surface area contributed by atoms with E-state index in [1.54, 1.807) is 11.8 Å². The van der Waals surface area contributed by atoms with Crippen LogP contribution in [0.5, 0.6) is 5.75 Å². The number of nitrogens with one attached hydrogen (secondary N) is 1. The zero-order chi connectivity index (χ0) is 19.3. The van der Waals surface area contributed by atoms with Crippen molar-refractivity contribution >= 4 is 5.91 Å². The van der Waals surface area contributed by atoms with Crippen molar-refractivity contribution in [2.24, 2.45) is 0 Å². The molecule has 2 aromatic rings. The third-order valence-electron chi connectivity index (χ3n) is 5.12. The molecule has 1 aromatic carbocycles. The van der Waals surface area contributed by atoms with Gasteiger partial charge in [0, 0.05) is 26.2 Å². The molecular formula is C19H25N5O4. The summed E-state index contributed by atoms with van der Waals surface area (Å²) in [5.74, 6) is 0.595. The van der Waals surface area contributed by atoms with Gasteiger partial charge in [0.2, 0.25) is 0 Å². The lowest BCUT2D eigenvalue weighted by atomic mass is 10.1. The van der Waals surface area contributed by atoms with Crippen LogP contribution in [0.25, 0.3) is 0 Å². The largest absolute Gasteiger partial charge is 0.497 e. The Morgan fingerprint density at radius 1 is 1.29 bits per heavy atom. The van der Waals surface area contributed by atoms with Crippen molar-refractivity contribution in [2.45, 2.75) is 19.3 Å². The molecule has 1 fully saturated rings. The van der Waals surface area contributed by atoms with Gasteiger partial charge < -0.3 is 19.5 Å². The second-order valence-electron chi connectivity index (χ2n) is 6.85. The van der Waals surface area contributed by atoms with E-state index in [-0.39, 0.29) is 12.0 Å². The minimum Gasteiger partial charge on any atom is -0.497 e. The fourth-order valence-corrected chi connectivity index (χ4v) is 3.44. The van der Waals surface area contributed by atoms with Crippen molar-refractivity contribution < 1.29 is 19.0 Å². The first-order valence-electron chi connectivity index (χ1n) is 9.51. The Kier molecular flexibility index (Phi) is 5.84. The Morgan fingerprint density at radius 2 is 2.07 bits per heavy atom. The minimum atomic E-state index is -0.207. The van der Waals surface area contributed by atoms with Gasteiger partial charge in [-0.25, -0.2) is 4.68 Å². The van der Waals surface area contributed by atoms with Gasteiger partial charge in [-0.3, -0.25) is 9.69 Å². The summed E-state index contributed by atoms with van der Waals surface area (Å²) in [6.45, 7) is 5.49. The molecule has 2 aliphatic heterocycles. The average Bonchev–Trinajstić information content (AvgIpc) is 3.18. The van der Waals surface area contributed by atoms with Crippen LogP contribution < -0.4 is 10.1 Å². The fourth-order valence-electron chi connectivity index (χ4n) is 3.44. The summed E-state index contributed by atoms with van der Waals surface area (Å²) >= 11 is 0. The number of benzene rings is 1. The number of hydrogen-bond acceptors (Lipinski definition) is 7. The predicted molar refractivity (Wildman–Crippen MR) is 100 cm³/mol. The monoisotopic (exact) mass is 387 g/mol. The van der Waals surface area contributed by atoms with Crippen molar-refractivity contribution in [3.8, 4) is 5.75 Å². The molecule has 0 unspecified atom stereocenters. The average molecular weight is 387 g/mol. The maximum Gasteiger partial charge on any atom is 0.273 e. The summed E-state index contributed by atoms with van der Waals surface area (Å²) in [4.78, 5) is 14.8. The Hall–Kier alpha value is -2.49. The molecule has 3 heterocycles. The molecule has 1 aromatic heterocycles. The Morgan fingerprint density at radius 3 is 2.82 bits per heavy atom. The zero-order valence-corrected chi connectivity index (χ0v) is 16.0. The lowest BCUT2D eigenvalue weighted by molar-refractivity contribution is -0.00180. The van der Waals surface area contributed by atoms with E-state index in [4.69, 9.17) is 14.2 Å². The maximum absolute atomic E-state index is 12.5. The highest BCUT2D eigenvalue weighted by molar-refractivity contribution is 5.93. The third-order valence-corrected chi connectivity index (χ3v) is 5.12. The first-order valence-corrected chi connectivity index (χ1v) is 9.51. The molecule has 1 saturated heterocycles. The SMILES string of the molecule is COc1ccc([C@H]2Cn3nnc(C(=O)NCCN4CCOCC4)c3CO2)cc1. The van der Waals surface area contributed by atoms with Crippen LogP contribution in [0.3, 0.4) is 0 Å². The normalized spacial score (nSPS) is 19.8. The van der Waals surface area contributed by atoms with Crippen molar-refractivity contribution in [3.63, 3.8) is 0 Å². The second kappa shape index (κ2) is 8.68. The zero-order valence-electron chi connectivity index (χ0n) is 16.0. The molecule has 1 amide bonds. The topological polar surface area (TPSA) is 90.7 Å². The molecule has 4 rings (SSSR count). The standard InChI is InChI=1S/C19H25N5O4/c1-26-15-4-2-14(3-5-15)17-12-24-16(13-28-17)18(21-22-24)19(25)20-6-7-23-8-10-27-11-9-23/h2-5,17H,6-13H2,1H3,(H,20,25)/t17-/m1/s1. The summed E-state index contributed by atoms with van der Waals surface area (Å²) in [6.07, 6.45) is -0.127. The Balaban J connectivity index is 1.34. The predicted octanol–water partition coefficient (Wildman–Crippen LogP) is 0.620. The molecule has 9 nitrogen and oxygen atoms in total. The number of morpholine rings is 1. The Bertz CT molecular complexity index is 801. The highest BCUT2D eigenvalue weighted by Gasteiger charge is 2.27. The molecule has 0 saturated carbocycles. The van der Waals surface area contributed by atoms with Gasteiger partial charge in [0.1, 0.15) is 11.9 Å². The quantitative estimate of drug-likeness (QED) is 0.777. The van der Waals surface area contributed by atoms with Crippen LogP contribution in [0.2, 0.25) is 0 Å². The van der Waals surface area contributed by atoms with E-state index in [9.17, 15) is 4.79 Å². The number of fused-ring (bicyclic) bond motifs is 1.